The topological polar surface area (TPSA) is 105 Å². The SMILES string of the molecule is CCCn1nccc1Cn1ncc([N+](=O)[O-])c1N. The third-order valence-electron chi connectivity index (χ3n) is 2.61. The molecule has 96 valence electrons. The smallest absolute Gasteiger partial charge is 0.330 e. The Labute approximate surface area is 103 Å². The van der Waals surface area contributed by atoms with Gasteiger partial charge in [-0.15, -0.1) is 0 Å². The quantitative estimate of drug-likeness (QED) is 0.630. The van der Waals surface area contributed by atoms with Crippen molar-refractivity contribution in [2.24, 2.45) is 0 Å². The van der Waals surface area contributed by atoms with E-state index >= 15 is 0 Å². The zero-order chi connectivity index (χ0) is 13.1. The first-order valence-electron chi connectivity index (χ1n) is 5.59. The molecule has 0 saturated heterocycles. The van der Waals surface area contributed by atoms with E-state index in [1.165, 1.54) is 4.68 Å². The minimum absolute atomic E-state index is 0.0595. The van der Waals surface area contributed by atoms with Crippen molar-refractivity contribution in [3.63, 3.8) is 0 Å². The van der Waals surface area contributed by atoms with Gasteiger partial charge in [-0.3, -0.25) is 14.8 Å². The molecule has 8 heteroatoms. The molecule has 8 nitrogen and oxygen atoms in total. The first-order valence-corrected chi connectivity index (χ1v) is 5.59. The first kappa shape index (κ1) is 12.1. The Hall–Kier alpha value is -2.38. The van der Waals surface area contributed by atoms with Crippen LogP contribution in [0.3, 0.4) is 0 Å². The molecule has 2 aromatic heterocycles. The van der Waals surface area contributed by atoms with Crippen LogP contribution in [0.5, 0.6) is 0 Å². The van der Waals surface area contributed by atoms with Gasteiger partial charge < -0.3 is 5.73 Å². The van der Waals surface area contributed by atoms with Crippen molar-refractivity contribution in [3.05, 3.63) is 34.3 Å². The van der Waals surface area contributed by atoms with Crippen LogP contribution in [0, 0.1) is 10.1 Å². The molecule has 0 aliphatic heterocycles. The zero-order valence-corrected chi connectivity index (χ0v) is 9.98. The highest BCUT2D eigenvalue weighted by atomic mass is 16.6. The van der Waals surface area contributed by atoms with Crippen molar-refractivity contribution in [1.29, 1.82) is 0 Å². The summed E-state index contributed by atoms with van der Waals surface area (Å²) in [7, 11) is 0. The largest absolute Gasteiger partial charge is 0.378 e. The Morgan fingerprint density at radius 1 is 1.44 bits per heavy atom. The molecule has 0 aliphatic rings. The van der Waals surface area contributed by atoms with Crippen molar-refractivity contribution in [3.8, 4) is 0 Å². The average Bonchev–Trinajstić information content (AvgIpc) is 2.89. The number of rotatable bonds is 5. The number of anilines is 1. The summed E-state index contributed by atoms with van der Waals surface area (Å²) in [5.41, 5.74) is 6.42. The van der Waals surface area contributed by atoms with E-state index in [2.05, 4.69) is 17.1 Å². The van der Waals surface area contributed by atoms with E-state index in [0.717, 1.165) is 24.9 Å². The molecule has 18 heavy (non-hydrogen) atoms. The van der Waals surface area contributed by atoms with Gasteiger partial charge in [0.15, 0.2) is 0 Å². The molecule has 0 spiro atoms. The molecule has 0 bridgehead atoms. The second kappa shape index (κ2) is 4.86. The normalized spacial score (nSPS) is 10.7. The molecule has 0 radical (unpaired) electrons. The van der Waals surface area contributed by atoms with E-state index in [-0.39, 0.29) is 11.5 Å². The number of nitro groups is 1. The van der Waals surface area contributed by atoms with Gasteiger partial charge in [0.05, 0.1) is 17.2 Å². The number of aromatic nitrogens is 4. The van der Waals surface area contributed by atoms with Crippen molar-refractivity contribution < 1.29 is 4.92 Å². The molecule has 0 saturated carbocycles. The van der Waals surface area contributed by atoms with Crippen molar-refractivity contribution in [1.82, 2.24) is 19.6 Å². The van der Waals surface area contributed by atoms with Gasteiger partial charge >= 0.3 is 5.69 Å². The van der Waals surface area contributed by atoms with Gasteiger partial charge in [0.2, 0.25) is 5.82 Å². The maximum absolute atomic E-state index is 10.7. The summed E-state index contributed by atoms with van der Waals surface area (Å²) in [4.78, 5) is 10.1. The summed E-state index contributed by atoms with van der Waals surface area (Å²) in [5, 5.41) is 18.8. The summed E-state index contributed by atoms with van der Waals surface area (Å²) >= 11 is 0. The van der Waals surface area contributed by atoms with Crippen molar-refractivity contribution in [2.75, 3.05) is 5.73 Å². The Morgan fingerprint density at radius 3 is 2.83 bits per heavy atom. The van der Waals surface area contributed by atoms with E-state index in [0.29, 0.717) is 6.54 Å². The molecule has 0 fully saturated rings. The molecule has 0 atom stereocenters. The number of hydrogen-bond acceptors (Lipinski definition) is 5. The van der Waals surface area contributed by atoms with Gasteiger partial charge in [-0.2, -0.15) is 10.2 Å². The summed E-state index contributed by atoms with van der Waals surface area (Å²) in [5.74, 6) is 0.0595. The van der Waals surface area contributed by atoms with Gasteiger partial charge in [0.1, 0.15) is 6.20 Å². The molecule has 0 amide bonds. The fraction of sp³-hybridized carbons (Fsp3) is 0.400. The molecule has 2 heterocycles. The zero-order valence-electron chi connectivity index (χ0n) is 9.98. The van der Waals surface area contributed by atoms with Crippen LogP contribution in [-0.2, 0) is 13.1 Å². The maximum atomic E-state index is 10.7. The van der Waals surface area contributed by atoms with E-state index < -0.39 is 4.92 Å². The molecule has 0 unspecified atom stereocenters. The molecule has 0 aromatic carbocycles. The fourth-order valence-electron chi connectivity index (χ4n) is 1.71. The molecular weight excluding hydrogens is 236 g/mol. The van der Waals surface area contributed by atoms with E-state index in [1.807, 2.05) is 10.7 Å². The fourth-order valence-corrected chi connectivity index (χ4v) is 1.71. The second-order valence-electron chi connectivity index (χ2n) is 3.88. The minimum Gasteiger partial charge on any atom is -0.378 e. The molecular formula is C10H14N6O2. The molecule has 2 aromatic rings. The van der Waals surface area contributed by atoms with Crippen LogP contribution in [0.15, 0.2) is 18.5 Å². The van der Waals surface area contributed by atoms with Gasteiger partial charge in [-0.05, 0) is 12.5 Å². The number of nitrogen functional groups attached to an aromatic ring is 1. The highest BCUT2D eigenvalue weighted by molar-refractivity contribution is 5.51. The van der Waals surface area contributed by atoms with Gasteiger partial charge in [-0.1, -0.05) is 6.92 Å². The predicted octanol–water partition coefficient (Wildman–Crippen LogP) is 1.03. The Kier molecular flexibility index (Phi) is 3.26. The number of nitrogens with two attached hydrogens (primary N) is 1. The molecule has 2 rings (SSSR count). The van der Waals surface area contributed by atoms with Crippen LogP contribution in [-0.4, -0.2) is 24.5 Å². The first-order chi connectivity index (χ1) is 8.63. The van der Waals surface area contributed by atoms with Crippen molar-refractivity contribution in [2.45, 2.75) is 26.4 Å². The Bertz CT molecular complexity index is 558. The Balaban J connectivity index is 2.23. The van der Waals surface area contributed by atoms with Crippen LogP contribution in [0.1, 0.15) is 19.0 Å². The second-order valence-corrected chi connectivity index (χ2v) is 3.88. The summed E-state index contributed by atoms with van der Waals surface area (Å²) < 4.78 is 3.24. The lowest BCUT2D eigenvalue weighted by molar-refractivity contribution is -0.384. The molecule has 2 N–H and O–H groups in total. The summed E-state index contributed by atoms with van der Waals surface area (Å²) in [6.45, 7) is 3.23. The van der Waals surface area contributed by atoms with E-state index in [4.69, 9.17) is 5.73 Å². The lowest BCUT2D eigenvalue weighted by Crippen LogP contribution is -2.12. The summed E-state index contributed by atoms with van der Waals surface area (Å²) in [6, 6.07) is 1.85. The third kappa shape index (κ3) is 2.17. The van der Waals surface area contributed by atoms with E-state index in [1.54, 1.807) is 6.20 Å². The van der Waals surface area contributed by atoms with Gasteiger partial charge in [-0.25, -0.2) is 4.68 Å². The minimum atomic E-state index is -0.540. The number of aryl methyl sites for hydroxylation is 1. The average molecular weight is 250 g/mol. The van der Waals surface area contributed by atoms with Gasteiger partial charge in [0.25, 0.3) is 0 Å². The lowest BCUT2D eigenvalue weighted by Gasteiger charge is -2.06. The standard InChI is InChI=1S/C10H14N6O2/c1-2-5-14-8(3-4-12-14)7-15-10(11)9(6-13-15)16(17)18/h3-4,6H,2,5,7,11H2,1H3. The number of nitrogens with zero attached hydrogens (tertiary/aromatic N) is 5. The highest BCUT2D eigenvalue weighted by Crippen LogP contribution is 2.20. The van der Waals surface area contributed by atoms with Crippen LogP contribution < -0.4 is 5.73 Å². The molecule has 0 aliphatic carbocycles. The van der Waals surface area contributed by atoms with Crippen LogP contribution in [0.4, 0.5) is 11.5 Å². The third-order valence-corrected chi connectivity index (χ3v) is 2.61. The summed E-state index contributed by atoms with van der Waals surface area (Å²) in [6.07, 6.45) is 3.82. The van der Waals surface area contributed by atoms with Crippen LogP contribution in [0.2, 0.25) is 0 Å². The monoisotopic (exact) mass is 250 g/mol. The van der Waals surface area contributed by atoms with Crippen LogP contribution >= 0.6 is 0 Å². The lowest BCUT2D eigenvalue weighted by atomic mass is 10.4. The van der Waals surface area contributed by atoms with Gasteiger partial charge in [0, 0.05) is 12.7 Å². The highest BCUT2D eigenvalue weighted by Gasteiger charge is 2.18. The predicted molar refractivity (Wildman–Crippen MR) is 64.9 cm³/mol. The Morgan fingerprint density at radius 2 is 2.22 bits per heavy atom. The maximum Gasteiger partial charge on any atom is 0.330 e. The van der Waals surface area contributed by atoms with Crippen LogP contribution in [0.25, 0.3) is 0 Å². The van der Waals surface area contributed by atoms with E-state index in [9.17, 15) is 10.1 Å². The number of hydrogen-bond donors (Lipinski definition) is 1. The van der Waals surface area contributed by atoms with Crippen molar-refractivity contribution >= 4 is 11.5 Å².